The zero-order valence-electron chi connectivity index (χ0n) is 15.7. The lowest BCUT2D eigenvalue weighted by molar-refractivity contribution is -0.143. The van der Waals surface area contributed by atoms with Crippen LogP contribution in [0.5, 0.6) is 0 Å². The van der Waals surface area contributed by atoms with E-state index in [0.717, 1.165) is 17.4 Å². The summed E-state index contributed by atoms with van der Waals surface area (Å²) in [6, 6.07) is 2.12. The van der Waals surface area contributed by atoms with Crippen molar-refractivity contribution in [2.45, 2.75) is 45.1 Å². The van der Waals surface area contributed by atoms with Crippen LogP contribution in [0.2, 0.25) is 0 Å². The minimum Gasteiger partial charge on any atom is -0.476 e. The number of hydrazone groups is 1. The molecule has 3 N–H and O–H groups in total. The summed E-state index contributed by atoms with van der Waals surface area (Å²) in [6.07, 6.45) is 8.23. The fourth-order valence-corrected chi connectivity index (χ4v) is 2.98. The Morgan fingerprint density at radius 1 is 1.43 bits per heavy atom. The Morgan fingerprint density at radius 3 is 2.86 bits per heavy atom. The van der Waals surface area contributed by atoms with Crippen LogP contribution in [0, 0.1) is 0 Å². The maximum absolute atomic E-state index is 11.7. The number of pyridine rings is 1. The molecule has 2 aromatic rings. The Hall–Kier alpha value is -3.23. The van der Waals surface area contributed by atoms with Gasteiger partial charge in [-0.15, -0.1) is 0 Å². The second-order valence-electron chi connectivity index (χ2n) is 6.63. The van der Waals surface area contributed by atoms with Gasteiger partial charge in [0.2, 0.25) is 0 Å². The van der Waals surface area contributed by atoms with Crippen molar-refractivity contribution in [1.29, 1.82) is 0 Å². The largest absolute Gasteiger partial charge is 0.476 e. The third-order valence-electron chi connectivity index (χ3n) is 4.48. The van der Waals surface area contributed by atoms with Crippen LogP contribution in [-0.2, 0) is 27.3 Å². The van der Waals surface area contributed by atoms with Gasteiger partial charge < -0.3 is 20.1 Å². The number of esters is 1. The van der Waals surface area contributed by atoms with Gasteiger partial charge in [0.1, 0.15) is 5.65 Å². The third-order valence-corrected chi connectivity index (χ3v) is 4.48. The highest BCUT2D eigenvalue weighted by Gasteiger charge is 2.25. The molecule has 1 aliphatic carbocycles. The molecule has 1 fully saturated rings. The molecule has 0 bridgehead atoms. The number of aliphatic imine (C=N–C) groups is 1. The molecular formula is C19H23N5O4. The summed E-state index contributed by atoms with van der Waals surface area (Å²) in [6.45, 7) is 2.35. The Kier molecular flexibility index (Phi) is 6.03. The molecule has 0 atom stereocenters. The van der Waals surface area contributed by atoms with Crippen LogP contribution >= 0.6 is 0 Å². The first-order valence-corrected chi connectivity index (χ1v) is 9.18. The number of hydrogen-bond donors (Lipinski definition) is 2. The number of aromatic nitrogens is 2. The Morgan fingerprint density at radius 2 is 2.21 bits per heavy atom. The number of carboxylic acid groups (broad SMARTS) is 1. The van der Waals surface area contributed by atoms with Gasteiger partial charge in [0.15, 0.2) is 5.71 Å². The first kappa shape index (κ1) is 19.5. The number of carboxylic acids is 1. The molecule has 1 aliphatic rings. The lowest BCUT2D eigenvalue weighted by Crippen LogP contribution is -2.16. The number of aryl methyl sites for hydroxylation is 1. The van der Waals surface area contributed by atoms with Gasteiger partial charge in [-0.2, -0.15) is 5.10 Å². The van der Waals surface area contributed by atoms with Crippen molar-refractivity contribution in [1.82, 2.24) is 9.38 Å². The van der Waals surface area contributed by atoms with E-state index < -0.39 is 5.97 Å². The van der Waals surface area contributed by atoms with Gasteiger partial charge in [-0.1, -0.05) is 6.07 Å². The number of carbonyl (C=O) groups is 2. The average molecular weight is 385 g/mol. The van der Waals surface area contributed by atoms with Crippen LogP contribution in [0.4, 0.5) is 0 Å². The monoisotopic (exact) mass is 385 g/mol. The number of carbonyl (C=O) groups excluding carboxylic acids is 1. The third kappa shape index (κ3) is 4.73. The second-order valence-corrected chi connectivity index (χ2v) is 6.63. The maximum atomic E-state index is 11.7. The topological polar surface area (TPSA) is 132 Å². The molecule has 0 amide bonds. The van der Waals surface area contributed by atoms with Gasteiger partial charge >= 0.3 is 11.9 Å². The predicted molar refractivity (Wildman–Crippen MR) is 104 cm³/mol. The summed E-state index contributed by atoms with van der Waals surface area (Å²) >= 11 is 0. The molecule has 28 heavy (non-hydrogen) atoms. The molecule has 3 rings (SSSR count). The maximum Gasteiger partial charge on any atom is 0.357 e. The molecule has 0 unspecified atom stereocenters. The van der Waals surface area contributed by atoms with E-state index in [2.05, 4.69) is 27.3 Å². The van der Waals surface area contributed by atoms with Crippen LogP contribution < -0.4 is 5.84 Å². The minimum absolute atomic E-state index is 0.198. The molecule has 0 aromatic carbocycles. The number of fused-ring (bicyclic) bond motifs is 1. The summed E-state index contributed by atoms with van der Waals surface area (Å²) in [5.74, 6) is 4.12. The highest BCUT2D eigenvalue weighted by atomic mass is 16.5. The van der Waals surface area contributed by atoms with Crippen LogP contribution in [0.15, 0.2) is 28.6 Å². The highest BCUT2D eigenvalue weighted by Crippen LogP contribution is 2.40. The summed E-state index contributed by atoms with van der Waals surface area (Å²) in [7, 11) is 0. The van der Waals surface area contributed by atoms with E-state index in [0.29, 0.717) is 31.1 Å². The summed E-state index contributed by atoms with van der Waals surface area (Å²) in [5.41, 5.74) is 3.35. The van der Waals surface area contributed by atoms with Crippen molar-refractivity contribution < 1.29 is 19.4 Å². The minimum atomic E-state index is -1.24. The number of nitrogens with zero attached hydrogens (tertiary/aromatic N) is 4. The zero-order chi connectivity index (χ0) is 20.1. The lowest BCUT2D eigenvalue weighted by atomic mass is 10.1. The molecule has 0 radical (unpaired) electrons. The second kappa shape index (κ2) is 8.64. The van der Waals surface area contributed by atoms with Gasteiger partial charge in [0.25, 0.3) is 0 Å². The van der Waals surface area contributed by atoms with Gasteiger partial charge in [0.05, 0.1) is 25.1 Å². The molecule has 148 valence electrons. The number of nitrogens with two attached hydrogens (primary N) is 1. The zero-order valence-corrected chi connectivity index (χ0v) is 15.7. The number of rotatable bonds is 9. The Bertz CT molecular complexity index is 943. The van der Waals surface area contributed by atoms with Crippen LogP contribution in [-0.4, -0.2) is 45.0 Å². The van der Waals surface area contributed by atoms with Gasteiger partial charge in [-0.25, -0.2) is 9.78 Å². The van der Waals surface area contributed by atoms with Gasteiger partial charge in [-0.05, 0) is 43.2 Å². The van der Waals surface area contributed by atoms with Crippen molar-refractivity contribution >= 4 is 29.5 Å². The summed E-state index contributed by atoms with van der Waals surface area (Å²) < 4.78 is 6.97. The highest BCUT2D eigenvalue weighted by molar-refractivity contribution is 6.58. The fraction of sp³-hybridized carbons (Fsp3) is 0.421. The first-order valence-electron chi connectivity index (χ1n) is 9.18. The van der Waals surface area contributed by atoms with E-state index >= 15 is 0 Å². The molecular weight excluding hydrogens is 362 g/mol. The molecule has 0 aliphatic heterocycles. The number of ether oxygens (including phenoxy) is 1. The van der Waals surface area contributed by atoms with E-state index in [9.17, 15) is 9.59 Å². The summed E-state index contributed by atoms with van der Waals surface area (Å²) in [4.78, 5) is 31.3. The van der Waals surface area contributed by atoms with Crippen molar-refractivity contribution in [3.05, 3.63) is 35.3 Å². The molecule has 2 aromatic heterocycles. The van der Waals surface area contributed by atoms with Crippen molar-refractivity contribution in [3.63, 3.8) is 0 Å². The normalized spacial score (nSPS) is 14.7. The fourth-order valence-electron chi connectivity index (χ4n) is 2.98. The van der Waals surface area contributed by atoms with Crippen molar-refractivity contribution in [3.8, 4) is 0 Å². The first-order chi connectivity index (χ1) is 13.5. The van der Waals surface area contributed by atoms with E-state index in [1.54, 1.807) is 6.92 Å². The van der Waals surface area contributed by atoms with Crippen LogP contribution in [0.1, 0.15) is 48.9 Å². The average Bonchev–Trinajstić information content (AvgIpc) is 3.43. The van der Waals surface area contributed by atoms with Crippen LogP contribution in [0.25, 0.3) is 5.65 Å². The Labute approximate surface area is 161 Å². The number of imidazole rings is 1. The summed E-state index contributed by atoms with van der Waals surface area (Å²) in [5, 5.41) is 12.1. The lowest BCUT2D eigenvalue weighted by Gasteiger charge is -2.07. The molecule has 0 spiro atoms. The predicted octanol–water partition coefficient (Wildman–Crippen LogP) is 1.68. The van der Waals surface area contributed by atoms with E-state index in [-0.39, 0.29) is 18.2 Å². The Balaban J connectivity index is 1.82. The number of aliphatic carboxylic acids is 1. The molecule has 0 saturated heterocycles. The van der Waals surface area contributed by atoms with Crippen molar-refractivity contribution in [2.75, 3.05) is 6.61 Å². The standard InChI is InChI=1S/C19H23N5O4/c1-2-28-17(25)6-5-13-7-14(12-3-4-12)10-24-11-15(22-18(13)24)8-21-9-16(23-20)19(26)27/h7,9-12H,2-6,8,20H2,1H3,(H,26,27). The van der Waals surface area contributed by atoms with E-state index in [1.165, 1.54) is 18.4 Å². The van der Waals surface area contributed by atoms with E-state index in [1.807, 2.05) is 10.6 Å². The molecule has 9 heteroatoms. The van der Waals surface area contributed by atoms with E-state index in [4.69, 9.17) is 15.7 Å². The smallest absolute Gasteiger partial charge is 0.357 e. The number of hydrogen-bond acceptors (Lipinski definition) is 7. The van der Waals surface area contributed by atoms with Gasteiger partial charge in [-0.3, -0.25) is 9.79 Å². The quantitative estimate of drug-likeness (QED) is 0.292. The van der Waals surface area contributed by atoms with Crippen LogP contribution in [0.3, 0.4) is 0 Å². The molecule has 1 saturated carbocycles. The molecule has 9 nitrogen and oxygen atoms in total. The van der Waals surface area contributed by atoms with Gasteiger partial charge in [0, 0.05) is 18.8 Å². The SMILES string of the molecule is CCOC(=O)CCc1cc(C2CC2)cn2cc(CN=CC(=NN)C(=O)O)nc12. The van der Waals surface area contributed by atoms with Crippen molar-refractivity contribution in [2.24, 2.45) is 15.9 Å². The molecule has 2 heterocycles.